The highest BCUT2D eigenvalue weighted by Gasteiger charge is 2.35. The van der Waals surface area contributed by atoms with Crippen LogP contribution in [0.5, 0.6) is 0 Å². The second-order valence-corrected chi connectivity index (χ2v) is 16.0. The van der Waals surface area contributed by atoms with E-state index in [2.05, 4.69) is 43.7 Å². The summed E-state index contributed by atoms with van der Waals surface area (Å²) < 4.78 is 19.7. The van der Waals surface area contributed by atoms with E-state index in [1.807, 2.05) is 16.0 Å². The summed E-state index contributed by atoms with van der Waals surface area (Å²) in [5.74, 6) is 3.54. The quantitative estimate of drug-likeness (QED) is 0.0545. The molecule has 0 unspecified atom stereocenters. The van der Waals surface area contributed by atoms with Crippen molar-refractivity contribution in [3.8, 4) is 12.3 Å². The van der Waals surface area contributed by atoms with Crippen LogP contribution in [0.15, 0.2) is 12.4 Å². The van der Waals surface area contributed by atoms with Crippen LogP contribution < -0.4 is 26.6 Å². The van der Waals surface area contributed by atoms with Gasteiger partial charge in [-0.1, -0.05) is 29.7 Å². The highest BCUT2D eigenvalue weighted by atomic mass is 35.5. The van der Waals surface area contributed by atoms with Crippen LogP contribution in [0.2, 0.25) is 0 Å². The maximum Gasteiger partial charge on any atom is 0.250 e. The molecular weight excluding hydrogens is 860 g/mol. The average molecular weight is 932 g/mol. The van der Waals surface area contributed by atoms with Crippen LogP contribution in [0.4, 0.5) is 17.8 Å². The molecule has 0 saturated carbocycles. The number of carbonyl (C=O) groups is 2. The number of rotatable bonds is 29. The Bertz CT molecular complexity index is 1860. The molecule has 0 aliphatic carbocycles. The first-order valence-electron chi connectivity index (χ1n) is 22.9. The summed E-state index contributed by atoms with van der Waals surface area (Å²) in [5.41, 5.74) is 13.1. The van der Waals surface area contributed by atoms with Crippen LogP contribution in [0.1, 0.15) is 82.3 Å². The number of aliphatic hydroxyl groups is 1. The van der Waals surface area contributed by atoms with E-state index in [4.69, 9.17) is 47.1 Å². The van der Waals surface area contributed by atoms with Gasteiger partial charge in [-0.15, -0.1) is 29.0 Å². The number of piperazine rings is 2. The SMILES string of the molecule is C#CCOCCOCCOCCNc1nc(N2CCN(C(=O)[C@H]([C@@H](C)O)n3cc(CCCCN)nn3)CC2)nc(N2CCN(C(=O)[C@H](CCCCN)n3cc(CCCC)nn3)CC2)n1.Cl. The van der Waals surface area contributed by atoms with Crippen molar-refractivity contribution in [2.45, 2.75) is 89.8 Å². The van der Waals surface area contributed by atoms with E-state index in [9.17, 15) is 14.7 Å². The molecule has 0 radical (unpaired) electrons. The van der Waals surface area contributed by atoms with Crippen molar-refractivity contribution in [3.63, 3.8) is 0 Å². The average Bonchev–Trinajstić information content (AvgIpc) is 3.99. The molecule has 2 fully saturated rings. The van der Waals surface area contributed by atoms with Gasteiger partial charge < -0.3 is 55.7 Å². The van der Waals surface area contributed by atoms with Gasteiger partial charge >= 0.3 is 0 Å². The zero-order valence-electron chi connectivity index (χ0n) is 38.2. The number of amides is 2. The summed E-state index contributed by atoms with van der Waals surface area (Å²) in [5, 5.41) is 31.2. The molecule has 6 N–H and O–H groups in total. The summed E-state index contributed by atoms with van der Waals surface area (Å²) in [6.07, 6.45) is 15.5. The van der Waals surface area contributed by atoms with Gasteiger partial charge in [0.2, 0.25) is 29.7 Å². The number of terminal acetylenes is 1. The summed E-state index contributed by atoms with van der Waals surface area (Å²) in [7, 11) is 0. The van der Waals surface area contributed by atoms with Crippen molar-refractivity contribution in [3.05, 3.63) is 23.8 Å². The van der Waals surface area contributed by atoms with Gasteiger partial charge in [0, 0.05) is 71.3 Å². The van der Waals surface area contributed by atoms with Gasteiger partial charge in [0.05, 0.1) is 50.5 Å². The molecule has 2 aliphatic rings. The van der Waals surface area contributed by atoms with Crippen molar-refractivity contribution < 1.29 is 28.9 Å². The molecule has 5 heterocycles. The molecule has 3 aromatic rings. The smallest absolute Gasteiger partial charge is 0.250 e. The van der Waals surface area contributed by atoms with Crippen molar-refractivity contribution in [1.29, 1.82) is 0 Å². The van der Waals surface area contributed by atoms with Gasteiger partial charge in [0.25, 0.3) is 0 Å². The second-order valence-electron chi connectivity index (χ2n) is 16.0. The van der Waals surface area contributed by atoms with Crippen molar-refractivity contribution >= 4 is 42.1 Å². The lowest BCUT2D eigenvalue weighted by atomic mass is 10.1. The first-order chi connectivity index (χ1) is 31.3. The van der Waals surface area contributed by atoms with Crippen LogP contribution in [0, 0.1) is 12.3 Å². The van der Waals surface area contributed by atoms with E-state index in [1.165, 1.54) is 4.68 Å². The number of hydrogen-bond donors (Lipinski definition) is 4. The highest BCUT2D eigenvalue weighted by molar-refractivity contribution is 5.85. The fourth-order valence-electron chi connectivity index (χ4n) is 7.52. The van der Waals surface area contributed by atoms with Crippen LogP contribution >= 0.6 is 12.4 Å². The maximum atomic E-state index is 14.1. The van der Waals surface area contributed by atoms with Gasteiger partial charge in [-0.3, -0.25) is 9.59 Å². The number of unbranched alkanes of at least 4 members (excludes halogenated alkanes) is 3. The lowest BCUT2D eigenvalue weighted by Gasteiger charge is -2.38. The van der Waals surface area contributed by atoms with E-state index in [0.29, 0.717) is 136 Å². The molecule has 3 aromatic heterocycles. The first-order valence-corrected chi connectivity index (χ1v) is 22.9. The highest BCUT2D eigenvalue weighted by Crippen LogP contribution is 2.24. The molecule has 0 spiro atoms. The molecule has 2 aliphatic heterocycles. The number of hydrogen-bond acceptors (Lipinski definition) is 18. The number of halogens is 1. The van der Waals surface area contributed by atoms with Crippen LogP contribution in [0.3, 0.4) is 0 Å². The Balaban J connectivity index is 0.00000925. The van der Waals surface area contributed by atoms with Crippen molar-refractivity contribution in [2.24, 2.45) is 11.5 Å². The predicted molar refractivity (Wildman–Crippen MR) is 248 cm³/mol. The molecule has 23 heteroatoms. The van der Waals surface area contributed by atoms with Crippen LogP contribution in [0.25, 0.3) is 0 Å². The Labute approximate surface area is 388 Å². The Kier molecular flexibility index (Phi) is 23.6. The normalized spacial score (nSPS) is 15.6. The number of aliphatic hydroxyl groups excluding tert-OH is 1. The van der Waals surface area contributed by atoms with Crippen molar-refractivity contribution in [2.75, 3.05) is 127 Å². The molecule has 0 aromatic carbocycles. The molecule has 3 atom stereocenters. The van der Waals surface area contributed by atoms with E-state index in [0.717, 1.165) is 56.3 Å². The number of aromatic nitrogens is 9. The topological polar surface area (TPSA) is 259 Å². The lowest BCUT2D eigenvalue weighted by Crippen LogP contribution is -2.53. The number of nitrogens with one attached hydrogen (secondary N) is 1. The fraction of sp³-hybridized carbons (Fsp3) is 0.738. The summed E-state index contributed by atoms with van der Waals surface area (Å²) >= 11 is 0. The van der Waals surface area contributed by atoms with Gasteiger partial charge in [-0.25, -0.2) is 9.36 Å². The molecule has 2 saturated heterocycles. The van der Waals surface area contributed by atoms with E-state index >= 15 is 0 Å². The molecule has 22 nitrogen and oxygen atoms in total. The number of aryl methyl sites for hydroxylation is 2. The van der Waals surface area contributed by atoms with Gasteiger partial charge in [0.15, 0.2) is 6.04 Å². The van der Waals surface area contributed by atoms with E-state index < -0.39 is 18.2 Å². The van der Waals surface area contributed by atoms with Gasteiger partial charge in [-0.05, 0) is 71.4 Å². The van der Waals surface area contributed by atoms with Gasteiger partial charge in [0.1, 0.15) is 12.6 Å². The minimum Gasteiger partial charge on any atom is -0.391 e. The van der Waals surface area contributed by atoms with Crippen LogP contribution in [-0.2, 0) is 36.6 Å². The zero-order valence-corrected chi connectivity index (χ0v) is 39.0. The number of nitrogens with zero attached hydrogens (tertiary/aromatic N) is 13. The Morgan fingerprint density at radius 3 is 1.88 bits per heavy atom. The molecule has 5 rings (SSSR count). The minimum absolute atomic E-state index is 0. The Morgan fingerprint density at radius 1 is 0.754 bits per heavy atom. The Morgan fingerprint density at radius 2 is 1.29 bits per heavy atom. The molecular formula is C42H71ClN16O6. The summed E-state index contributed by atoms with van der Waals surface area (Å²) in [4.78, 5) is 50.2. The predicted octanol–water partition coefficient (Wildman–Crippen LogP) is 0.485. The zero-order chi connectivity index (χ0) is 45.5. The van der Waals surface area contributed by atoms with Gasteiger partial charge in [-0.2, -0.15) is 15.0 Å². The first kappa shape index (κ1) is 52.9. The fourth-order valence-corrected chi connectivity index (χ4v) is 7.52. The Hall–Kier alpha value is -4.76. The molecule has 362 valence electrons. The maximum absolute atomic E-state index is 14.1. The van der Waals surface area contributed by atoms with E-state index in [-0.39, 0.29) is 30.8 Å². The largest absolute Gasteiger partial charge is 0.391 e. The number of nitrogens with two attached hydrogens (primary N) is 2. The van der Waals surface area contributed by atoms with Crippen LogP contribution in [-0.4, -0.2) is 189 Å². The number of anilines is 3. The third-order valence-corrected chi connectivity index (χ3v) is 11.1. The summed E-state index contributed by atoms with van der Waals surface area (Å²) in [6.45, 7) is 11.3. The summed E-state index contributed by atoms with van der Waals surface area (Å²) in [6, 6.07) is -1.36. The third-order valence-electron chi connectivity index (χ3n) is 11.1. The number of carbonyl (C=O) groups excluding carboxylic acids is 2. The lowest BCUT2D eigenvalue weighted by molar-refractivity contribution is -0.138. The molecule has 0 bridgehead atoms. The molecule has 2 amide bonds. The second kappa shape index (κ2) is 29.0. The minimum atomic E-state index is -0.983. The third kappa shape index (κ3) is 16.6. The number of ether oxygens (including phenoxy) is 3. The standard InChI is InChI=1S/C42H70N16O6.ClH/c1-4-6-11-34-31-57(51-49-34)36(13-8-10-15-44)38(60)53-17-21-55(22-18-53)41-46-40(45-16-26-63-28-30-64-29-27-62-25-5-2)47-42(48-41)56-23-19-54(20-24-56)39(61)37(33(3)59)58-32-35(50-52-58)12-7-9-14-43;/h2,31-33,36-37,59H,4,6-30,43-44H2,1,3H3,(H,45,46,47,48);1H/t33-,36+,37+;/m1./s1. The van der Waals surface area contributed by atoms with E-state index in [1.54, 1.807) is 22.7 Å². The monoisotopic (exact) mass is 931 g/mol. The molecule has 65 heavy (non-hydrogen) atoms. The van der Waals surface area contributed by atoms with Crippen molar-refractivity contribution in [1.82, 2.24) is 54.7 Å².